The fraction of sp³-hybridized carbons (Fsp3) is 0.438. The fourth-order valence-corrected chi connectivity index (χ4v) is 2.26. The highest BCUT2D eigenvalue weighted by molar-refractivity contribution is 5.84. The number of nitrogens with zero attached hydrogens (tertiary/aromatic N) is 1. The van der Waals surface area contributed by atoms with Crippen LogP contribution in [0, 0.1) is 0 Å². The van der Waals surface area contributed by atoms with Gasteiger partial charge in [-0.25, -0.2) is 5.43 Å². The number of aromatic nitrogens is 1. The van der Waals surface area contributed by atoms with Gasteiger partial charge in [-0.1, -0.05) is 19.8 Å². The van der Waals surface area contributed by atoms with E-state index in [-0.39, 0.29) is 0 Å². The van der Waals surface area contributed by atoms with Crippen molar-refractivity contribution < 1.29 is 4.74 Å². The van der Waals surface area contributed by atoms with E-state index in [0.717, 1.165) is 35.2 Å². The Hall–Kier alpha value is -2.21. The van der Waals surface area contributed by atoms with Crippen molar-refractivity contribution in [2.24, 2.45) is 10.7 Å². The summed E-state index contributed by atoms with van der Waals surface area (Å²) in [4.78, 5) is 7.50. The van der Waals surface area contributed by atoms with E-state index in [2.05, 4.69) is 27.8 Å². The number of H-pyrrole nitrogens is 1. The zero-order chi connectivity index (χ0) is 15.8. The number of nitrogens with two attached hydrogens (primary N) is 1. The van der Waals surface area contributed by atoms with Gasteiger partial charge in [0.1, 0.15) is 5.75 Å². The molecule has 1 aromatic carbocycles. The molecule has 6 nitrogen and oxygen atoms in total. The zero-order valence-electron chi connectivity index (χ0n) is 13.3. The molecule has 0 radical (unpaired) electrons. The van der Waals surface area contributed by atoms with Crippen LogP contribution in [-0.4, -0.2) is 24.6 Å². The molecule has 22 heavy (non-hydrogen) atoms. The highest BCUT2D eigenvalue weighted by Gasteiger charge is 2.04. The number of hydrazine groups is 1. The molecular formula is C16H25N5O. The van der Waals surface area contributed by atoms with Gasteiger partial charge in [0, 0.05) is 30.2 Å². The number of aromatic amines is 1. The first-order valence-corrected chi connectivity index (χ1v) is 7.67. The minimum absolute atomic E-state index is 0.425. The van der Waals surface area contributed by atoms with E-state index in [1.807, 2.05) is 24.4 Å². The molecule has 0 amide bonds. The molecule has 5 N–H and O–H groups in total. The SMILES string of the molecule is CCCCCN=C(N)NNCc1c[nH]c2ccc(OC)cc12. The van der Waals surface area contributed by atoms with Gasteiger partial charge in [-0.15, -0.1) is 0 Å². The van der Waals surface area contributed by atoms with E-state index < -0.39 is 0 Å². The second kappa shape index (κ2) is 8.29. The summed E-state index contributed by atoms with van der Waals surface area (Å²) in [6, 6.07) is 5.97. The first-order valence-electron chi connectivity index (χ1n) is 7.67. The molecule has 0 aliphatic carbocycles. The smallest absolute Gasteiger partial charge is 0.203 e. The Kier molecular flexibility index (Phi) is 6.09. The number of hydrogen-bond acceptors (Lipinski definition) is 3. The highest BCUT2D eigenvalue weighted by atomic mass is 16.5. The van der Waals surface area contributed by atoms with Gasteiger partial charge in [0.15, 0.2) is 0 Å². The fourth-order valence-electron chi connectivity index (χ4n) is 2.26. The van der Waals surface area contributed by atoms with Crippen LogP contribution in [0.5, 0.6) is 5.75 Å². The van der Waals surface area contributed by atoms with E-state index in [0.29, 0.717) is 12.5 Å². The van der Waals surface area contributed by atoms with Gasteiger partial charge >= 0.3 is 0 Å². The minimum Gasteiger partial charge on any atom is -0.497 e. The Balaban J connectivity index is 1.86. The molecule has 120 valence electrons. The van der Waals surface area contributed by atoms with E-state index in [4.69, 9.17) is 10.5 Å². The Labute approximate surface area is 131 Å². The third-order valence-corrected chi connectivity index (χ3v) is 3.51. The lowest BCUT2D eigenvalue weighted by molar-refractivity contribution is 0.415. The Morgan fingerprint density at radius 2 is 2.23 bits per heavy atom. The van der Waals surface area contributed by atoms with E-state index >= 15 is 0 Å². The summed E-state index contributed by atoms with van der Waals surface area (Å²) in [6.07, 6.45) is 5.42. The lowest BCUT2D eigenvalue weighted by atomic mass is 10.1. The molecule has 0 unspecified atom stereocenters. The van der Waals surface area contributed by atoms with Crippen LogP contribution in [0.15, 0.2) is 29.4 Å². The van der Waals surface area contributed by atoms with Gasteiger partial charge in [0.2, 0.25) is 5.96 Å². The average Bonchev–Trinajstić information content (AvgIpc) is 2.94. The molecule has 1 aromatic heterocycles. The predicted molar refractivity (Wildman–Crippen MR) is 90.8 cm³/mol. The summed E-state index contributed by atoms with van der Waals surface area (Å²) in [5.74, 6) is 1.27. The summed E-state index contributed by atoms with van der Waals surface area (Å²) in [5, 5.41) is 1.13. The molecule has 0 aliphatic rings. The van der Waals surface area contributed by atoms with Gasteiger partial charge in [0.25, 0.3) is 0 Å². The lowest BCUT2D eigenvalue weighted by Gasteiger charge is -2.07. The Morgan fingerprint density at radius 1 is 1.36 bits per heavy atom. The number of guanidine groups is 1. The van der Waals surface area contributed by atoms with Crippen molar-refractivity contribution >= 4 is 16.9 Å². The van der Waals surface area contributed by atoms with Crippen molar-refractivity contribution in [2.45, 2.75) is 32.7 Å². The second-order valence-electron chi connectivity index (χ2n) is 5.18. The second-order valence-corrected chi connectivity index (χ2v) is 5.18. The molecule has 6 heteroatoms. The van der Waals surface area contributed by atoms with Crippen LogP contribution in [0.25, 0.3) is 10.9 Å². The summed E-state index contributed by atoms with van der Waals surface area (Å²) >= 11 is 0. The number of rotatable bonds is 8. The molecule has 0 bridgehead atoms. The molecule has 0 aliphatic heterocycles. The van der Waals surface area contributed by atoms with Gasteiger partial charge in [-0.05, 0) is 30.2 Å². The van der Waals surface area contributed by atoms with Gasteiger partial charge < -0.3 is 15.5 Å². The number of aliphatic imine (C=N–C) groups is 1. The first kappa shape index (κ1) is 16.2. The van der Waals surface area contributed by atoms with Gasteiger partial charge in [-0.2, -0.15) is 0 Å². The number of unbranched alkanes of at least 4 members (excludes halogenated alkanes) is 2. The molecule has 2 rings (SSSR count). The quantitative estimate of drug-likeness (QED) is 0.261. The van der Waals surface area contributed by atoms with E-state index in [1.54, 1.807) is 7.11 Å². The van der Waals surface area contributed by atoms with E-state index in [9.17, 15) is 0 Å². The third-order valence-electron chi connectivity index (χ3n) is 3.51. The molecule has 0 spiro atoms. The first-order chi connectivity index (χ1) is 10.7. The predicted octanol–water partition coefficient (Wildman–Crippen LogP) is 2.28. The van der Waals surface area contributed by atoms with Crippen LogP contribution in [0.2, 0.25) is 0 Å². The molecule has 1 heterocycles. The Morgan fingerprint density at radius 3 is 3.00 bits per heavy atom. The van der Waals surface area contributed by atoms with Crippen LogP contribution in [0.4, 0.5) is 0 Å². The summed E-state index contributed by atoms with van der Waals surface area (Å²) in [6.45, 7) is 3.57. The molecule has 0 saturated heterocycles. The van der Waals surface area contributed by atoms with Crippen molar-refractivity contribution in [1.29, 1.82) is 0 Å². The van der Waals surface area contributed by atoms with Crippen LogP contribution in [-0.2, 0) is 6.54 Å². The minimum atomic E-state index is 0.425. The summed E-state index contributed by atoms with van der Waals surface area (Å²) in [7, 11) is 1.67. The maximum atomic E-state index is 5.80. The Bertz CT molecular complexity index is 620. The summed E-state index contributed by atoms with van der Waals surface area (Å²) in [5.41, 5.74) is 14.0. The van der Waals surface area contributed by atoms with Crippen molar-refractivity contribution in [1.82, 2.24) is 15.8 Å². The molecular weight excluding hydrogens is 278 g/mol. The molecule has 0 atom stereocenters. The van der Waals surface area contributed by atoms with Crippen LogP contribution in [0.3, 0.4) is 0 Å². The third kappa shape index (κ3) is 4.39. The highest BCUT2D eigenvalue weighted by Crippen LogP contribution is 2.23. The van der Waals surface area contributed by atoms with Gasteiger partial charge in [0.05, 0.1) is 7.11 Å². The van der Waals surface area contributed by atoms with Crippen LogP contribution in [0.1, 0.15) is 31.7 Å². The standard InChI is InChI=1S/C16H25N5O/c1-3-4-5-8-18-16(17)21-20-11-12-10-19-15-7-6-13(22-2)9-14(12)15/h6-7,9-10,19-20H,3-5,8,11H2,1-2H3,(H3,17,18,21). The lowest BCUT2D eigenvalue weighted by Crippen LogP contribution is -2.42. The number of hydrogen-bond donors (Lipinski definition) is 4. The molecule has 0 saturated carbocycles. The largest absolute Gasteiger partial charge is 0.497 e. The number of ether oxygens (including phenoxy) is 1. The number of nitrogens with one attached hydrogen (secondary N) is 3. The number of benzene rings is 1. The van der Waals surface area contributed by atoms with Crippen molar-refractivity contribution in [3.8, 4) is 5.75 Å². The average molecular weight is 303 g/mol. The molecule has 0 fully saturated rings. The van der Waals surface area contributed by atoms with Crippen molar-refractivity contribution in [2.75, 3.05) is 13.7 Å². The zero-order valence-corrected chi connectivity index (χ0v) is 13.3. The van der Waals surface area contributed by atoms with Crippen LogP contribution < -0.4 is 21.3 Å². The molecule has 2 aromatic rings. The maximum Gasteiger partial charge on any atom is 0.203 e. The van der Waals surface area contributed by atoms with Crippen molar-refractivity contribution in [3.63, 3.8) is 0 Å². The normalized spacial score (nSPS) is 11.8. The number of methoxy groups -OCH3 is 1. The van der Waals surface area contributed by atoms with Crippen molar-refractivity contribution in [3.05, 3.63) is 30.0 Å². The summed E-state index contributed by atoms with van der Waals surface area (Å²) < 4.78 is 5.26. The van der Waals surface area contributed by atoms with E-state index in [1.165, 1.54) is 12.8 Å². The number of fused-ring (bicyclic) bond motifs is 1. The van der Waals surface area contributed by atoms with Gasteiger partial charge in [-0.3, -0.25) is 10.4 Å². The monoisotopic (exact) mass is 303 g/mol. The topological polar surface area (TPSA) is 87.5 Å². The van der Waals surface area contributed by atoms with Crippen LogP contribution >= 0.6 is 0 Å². The maximum absolute atomic E-state index is 5.80.